The van der Waals surface area contributed by atoms with E-state index in [1.54, 1.807) is 0 Å². The zero-order valence-electron chi connectivity index (χ0n) is 7.61. The van der Waals surface area contributed by atoms with Crippen molar-refractivity contribution < 1.29 is 0 Å². The highest BCUT2D eigenvalue weighted by molar-refractivity contribution is 4.86. The van der Waals surface area contributed by atoms with Gasteiger partial charge in [-0.2, -0.15) is 0 Å². The van der Waals surface area contributed by atoms with Gasteiger partial charge < -0.3 is 0 Å². The van der Waals surface area contributed by atoms with Crippen LogP contribution in [-0.4, -0.2) is 0 Å². The van der Waals surface area contributed by atoms with Crippen molar-refractivity contribution in [1.29, 1.82) is 0 Å². The van der Waals surface area contributed by atoms with E-state index in [0.29, 0.717) is 0 Å². The average Bonchev–Trinajstić information content (AvgIpc) is 1.79. The van der Waals surface area contributed by atoms with Crippen LogP contribution in [0.15, 0.2) is 12.2 Å². The van der Waals surface area contributed by atoms with Gasteiger partial charge in [-0.15, -0.1) is 6.58 Å². The second-order valence-electron chi connectivity index (χ2n) is 3.60. The lowest BCUT2D eigenvalue weighted by Gasteiger charge is -2.03. The van der Waals surface area contributed by atoms with Crippen molar-refractivity contribution in [2.75, 3.05) is 0 Å². The number of allylic oxidation sites excluding steroid dienone is 1. The standard InChI is InChI=1S/C10H20/c1-9(2)7-5-6-8-10(3)4/h10H,1,5-8H2,2-4H3. The zero-order chi connectivity index (χ0) is 7.98. The largest absolute Gasteiger partial charge is 0.100 e. The van der Waals surface area contributed by atoms with Gasteiger partial charge in [-0.1, -0.05) is 32.3 Å². The molecule has 0 fully saturated rings. The summed E-state index contributed by atoms with van der Waals surface area (Å²) in [5.74, 6) is 0.866. The molecule has 0 nitrogen and oxygen atoms in total. The molecule has 0 saturated carbocycles. The Morgan fingerprint density at radius 1 is 1.30 bits per heavy atom. The maximum absolute atomic E-state index is 3.87. The van der Waals surface area contributed by atoms with Gasteiger partial charge in [-0.05, 0) is 25.7 Å². The fourth-order valence-electron chi connectivity index (χ4n) is 0.979. The Bertz CT molecular complexity index is 90.2. The molecule has 0 unspecified atom stereocenters. The van der Waals surface area contributed by atoms with E-state index in [-0.39, 0.29) is 0 Å². The molecule has 0 aromatic carbocycles. The van der Waals surface area contributed by atoms with Crippen LogP contribution in [0.1, 0.15) is 46.5 Å². The minimum atomic E-state index is 0.866. The van der Waals surface area contributed by atoms with Crippen LogP contribution >= 0.6 is 0 Å². The molecule has 0 amide bonds. The highest BCUT2D eigenvalue weighted by atomic mass is 14.0. The summed E-state index contributed by atoms with van der Waals surface area (Å²) in [6.45, 7) is 10.5. The van der Waals surface area contributed by atoms with Crippen molar-refractivity contribution >= 4 is 0 Å². The van der Waals surface area contributed by atoms with Gasteiger partial charge in [-0.3, -0.25) is 0 Å². The highest BCUT2D eigenvalue weighted by Crippen LogP contribution is 2.10. The number of rotatable bonds is 5. The maximum Gasteiger partial charge on any atom is -0.0326 e. The molecule has 0 spiro atoms. The van der Waals surface area contributed by atoms with Crippen LogP contribution in [-0.2, 0) is 0 Å². The SMILES string of the molecule is C=C(C)CCCCC(C)C. The molecule has 0 heteroatoms. The van der Waals surface area contributed by atoms with Gasteiger partial charge in [0, 0.05) is 0 Å². The normalized spacial score (nSPS) is 10.4. The summed E-state index contributed by atoms with van der Waals surface area (Å²) in [7, 11) is 0. The summed E-state index contributed by atoms with van der Waals surface area (Å²) in [6.07, 6.45) is 5.28. The molecule has 0 atom stereocenters. The number of unbranched alkanes of at least 4 members (excludes halogenated alkanes) is 1. The van der Waals surface area contributed by atoms with Crippen molar-refractivity contribution in [1.82, 2.24) is 0 Å². The fourth-order valence-corrected chi connectivity index (χ4v) is 0.979. The minimum Gasteiger partial charge on any atom is -0.100 e. The molecular weight excluding hydrogens is 120 g/mol. The summed E-state index contributed by atoms with van der Waals surface area (Å²) >= 11 is 0. The second-order valence-corrected chi connectivity index (χ2v) is 3.60. The molecule has 0 radical (unpaired) electrons. The van der Waals surface area contributed by atoms with Crippen LogP contribution in [0.4, 0.5) is 0 Å². The van der Waals surface area contributed by atoms with Crippen molar-refractivity contribution in [2.24, 2.45) is 5.92 Å². The van der Waals surface area contributed by atoms with Gasteiger partial charge in [0.2, 0.25) is 0 Å². The molecule has 0 aromatic heterocycles. The van der Waals surface area contributed by atoms with E-state index < -0.39 is 0 Å². The Labute approximate surface area is 65.3 Å². The van der Waals surface area contributed by atoms with Crippen molar-refractivity contribution in [3.63, 3.8) is 0 Å². The van der Waals surface area contributed by atoms with Crippen LogP contribution in [0.5, 0.6) is 0 Å². The minimum absolute atomic E-state index is 0.866. The Balaban J connectivity index is 2.98. The van der Waals surface area contributed by atoms with E-state index in [9.17, 15) is 0 Å². The Morgan fingerprint density at radius 2 is 1.90 bits per heavy atom. The molecule has 10 heavy (non-hydrogen) atoms. The highest BCUT2D eigenvalue weighted by Gasteiger charge is 1.93. The first-order chi connectivity index (χ1) is 4.63. The Morgan fingerprint density at radius 3 is 2.30 bits per heavy atom. The topological polar surface area (TPSA) is 0 Å². The third-order valence-corrected chi connectivity index (χ3v) is 1.64. The summed E-state index contributed by atoms with van der Waals surface area (Å²) in [5.41, 5.74) is 1.32. The molecular formula is C10H20. The van der Waals surface area contributed by atoms with Gasteiger partial charge in [0.25, 0.3) is 0 Å². The first-order valence-corrected chi connectivity index (χ1v) is 4.27. The quantitative estimate of drug-likeness (QED) is 0.402. The van der Waals surface area contributed by atoms with Gasteiger partial charge in [-0.25, -0.2) is 0 Å². The van der Waals surface area contributed by atoms with Crippen molar-refractivity contribution in [2.45, 2.75) is 46.5 Å². The molecule has 0 saturated heterocycles. The number of hydrogen-bond donors (Lipinski definition) is 0. The Hall–Kier alpha value is -0.260. The summed E-state index contributed by atoms with van der Waals surface area (Å²) in [6, 6.07) is 0. The number of hydrogen-bond acceptors (Lipinski definition) is 0. The summed E-state index contributed by atoms with van der Waals surface area (Å²) in [4.78, 5) is 0. The summed E-state index contributed by atoms with van der Waals surface area (Å²) in [5, 5.41) is 0. The van der Waals surface area contributed by atoms with Gasteiger partial charge >= 0.3 is 0 Å². The van der Waals surface area contributed by atoms with Crippen molar-refractivity contribution in [3.8, 4) is 0 Å². The predicted molar refractivity (Wildman–Crippen MR) is 48.1 cm³/mol. The van der Waals surface area contributed by atoms with E-state index in [0.717, 1.165) is 5.92 Å². The third-order valence-electron chi connectivity index (χ3n) is 1.64. The molecule has 0 rings (SSSR count). The van der Waals surface area contributed by atoms with E-state index >= 15 is 0 Å². The molecule has 0 bridgehead atoms. The van der Waals surface area contributed by atoms with Gasteiger partial charge in [0.1, 0.15) is 0 Å². The average molecular weight is 140 g/mol. The molecule has 60 valence electrons. The molecule has 0 aromatic rings. The predicted octanol–water partition coefficient (Wildman–Crippen LogP) is 3.78. The van der Waals surface area contributed by atoms with Crippen LogP contribution < -0.4 is 0 Å². The second kappa shape index (κ2) is 5.52. The molecule has 0 aliphatic heterocycles. The van der Waals surface area contributed by atoms with Crippen LogP contribution in [0.2, 0.25) is 0 Å². The monoisotopic (exact) mass is 140 g/mol. The zero-order valence-corrected chi connectivity index (χ0v) is 7.61. The first kappa shape index (κ1) is 9.74. The lowest BCUT2D eigenvalue weighted by Crippen LogP contribution is -1.86. The maximum atomic E-state index is 3.87. The van der Waals surface area contributed by atoms with E-state index in [1.165, 1.54) is 31.3 Å². The van der Waals surface area contributed by atoms with Crippen molar-refractivity contribution in [3.05, 3.63) is 12.2 Å². The molecule has 0 heterocycles. The van der Waals surface area contributed by atoms with E-state index in [1.807, 2.05) is 0 Å². The molecule has 0 N–H and O–H groups in total. The third kappa shape index (κ3) is 7.74. The van der Waals surface area contributed by atoms with Crippen LogP contribution in [0, 0.1) is 5.92 Å². The molecule has 0 aliphatic rings. The first-order valence-electron chi connectivity index (χ1n) is 4.27. The van der Waals surface area contributed by atoms with E-state index in [4.69, 9.17) is 0 Å². The molecule has 0 aliphatic carbocycles. The van der Waals surface area contributed by atoms with Gasteiger partial charge in [0.05, 0.1) is 0 Å². The Kier molecular flexibility index (Phi) is 5.38. The lowest BCUT2D eigenvalue weighted by molar-refractivity contribution is 0.537. The van der Waals surface area contributed by atoms with Crippen LogP contribution in [0.25, 0.3) is 0 Å². The smallest absolute Gasteiger partial charge is 0.0326 e. The summed E-state index contributed by atoms with van der Waals surface area (Å²) < 4.78 is 0. The van der Waals surface area contributed by atoms with Crippen LogP contribution in [0.3, 0.4) is 0 Å². The fraction of sp³-hybridized carbons (Fsp3) is 0.800. The lowest BCUT2D eigenvalue weighted by atomic mass is 10.0. The van der Waals surface area contributed by atoms with E-state index in [2.05, 4.69) is 27.4 Å². The van der Waals surface area contributed by atoms with Gasteiger partial charge in [0.15, 0.2) is 0 Å².